The molecule has 0 unspecified atom stereocenters. The summed E-state index contributed by atoms with van der Waals surface area (Å²) in [5.41, 5.74) is 1.74. The molecule has 0 aliphatic heterocycles. The first-order valence-corrected chi connectivity index (χ1v) is 10.2. The van der Waals surface area contributed by atoms with Gasteiger partial charge in [-0.15, -0.1) is 0 Å². The normalized spacial score (nSPS) is 40.2. The maximum Gasteiger partial charge on any atom is 0.164 e. The lowest BCUT2D eigenvalue weighted by Gasteiger charge is -2.35. The quantitative estimate of drug-likeness (QED) is 0.739. The number of ether oxygens (including phenoxy) is 1. The van der Waals surface area contributed by atoms with E-state index in [1.807, 2.05) is 0 Å². The Balaban J connectivity index is 1.54. The summed E-state index contributed by atoms with van der Waals surface area (Å²) in [6.45, 7) is 6.85. The molecule has 1 aromatic rings. The van der Waals surface area contributed by atoms with Crippen molar-refractivity contribution >= 4 is 5.78 Å². The molecular weight excluding hydrogens is 308 g/mol. The van der Waals surface area contributed by atoms with E-state index in [0.717, 1.165) is 12.8 Å². The molecule has 0 radical (unpaired) electrons. The van der Waals surface area contributed by atoms with Gasteiger partial charge in [0.15, 0.2) is 5.78 Å². The minimum Gasteiger partial charge on any atom is -0.366 e. The highest BCUT2D eigenvalue weighted by molar-refractivity contribution is 5.88. The molecule has 2 heteroatoms. The van der Waals surface area contributed by atoms with E-state index < -0.39 is 0 Å². The number of benzene rings is 1. The van der Waals surface area contributed by atoms with Crippen LogP contribution in [0.15, 0.2) is 30.3 Å². The van der Waals surface area contributed by atoms with E-state index >= 15 is 0 Å². The third kappa shape index (κ3) is 3.18. The van der Waals surface area contributed by atoms with Crippen LogP contribution in [0.4, 0.5) is 0 Å². The maximum absolute atomic E-state index is 12.9. The molecule has 3 aliphatic carbocycles. The fourth-order valence-electron chi connectivity index (χ4n) is 5.92. The molecule has 0 saturated heterocycles. The standard InChI is InChI=1S/C23H32O2/c1-15-18-13-23(2,3)14-19(18)22(21(15)24)25-20-12-8-7-11-17(20)16-9-5-4-6-10-16/h4-6,9-10,15,17-20,22H,7-8,11-14H2,1-3H3/t15-,17+,18+,19+,20-,22-/m1/s1. The molecule has 0 bridgehead atoms. The van der Waals surface area contributed by atoms with Crippen molar-refractivity contribution in [1.82, 2.24) is 0 Å². The van der Waals surface area contributed by atoms with Gasteiger partial charge in [-0.25, -0.2) is 0 Å². The number of hydrogen-bond donors (Lipinski definition) is 0. The van der Waals surface area contributed by atoms with Gasteiger partial charge in [0, 0.05) is 11.8 Å². The molecule has 25 heavy (non-hydrogen) atoms. The van der Waals surface area contributed by atoms with Crippen LogP contribution in [-0.4, -0.2) is 18.0 Å². The molecule has 0 aromatic heterocycles. The van der Waals surface area contributed by atoms with Crippen LogP contribution in [0, 0.1) is 23.2 Å². The van der Waals surface area contributed by atoms with Gasteiger partial charge in [0.25, 0.3) is 0 Å². The van der Waals surface area contributed by atoms with Crippen LogP contribution in [0.5, 0.6) is 0 Å². The molecule has 136 valence electrons. The SMILES string of the molecule is C[C@H]1C(=O)[C@H](O[C@@H]2CCCC[C@H]2c2ccccc2)[C@H]2CC(C)(C)C[C@H]21. The number of hydrogen-bond acceptors (Lipinski definition) is 2. The third-order valence-electron chi connectivity index (χ3n) is 7.14. The van der Waals surface area contributed by atoms with Crippen molar-refractivity contribution in [3.05, 3.63) is 35.9 Å². The fraction of sp³-hybridized carbons (Fsp3) is 0.696. The highest BCUT2D eigenvalue weighted by Gasteiger charge is 2.55. The predicted molar refractivity (Wildman–Crippen MR) is 100 cm³/mol. The van der Waals surface area contributed by atoms with E-state index in [1.165, 1.54) is 31.2 Å². The number of carbonyl (C=O) groups is 1. The van der Waals surface area contributed by atoms with Crippen LogP contribution < -0.4 is 0 Å². The van der Waals surface area contributed by atoms with Crippen LogP contribution in [0.1, 0.15) is 70.8 Å². The van der Waals surface area contributed by atoms with Gasteiger partial charge in [-0.2, -0.15) is 0 Å². The van der Waals surface area contributed by atoms with Gasteiger partial charge in [0.2, 0.25) is 0 Å². The van der Waals surface area contributed by atoms with Crippen LogP contribution in [0.25, 0.3) is 0 Å². The topological polar surface area (TPSA) is 26.3 Å². The first-order chi connectivity index (χ1) is 12.0. The molecular formula is C23H32O2. The Morgan fingerprint density at radius 1 is 1.00 bits per heavy atom. The lowest BCUT2D eigenvalue weighted by molar-refractivity contribution is -0.138. The summed E-state index contributed by atoms with van der Waals surface area (Å²) in [6.07, 6.45) is 7.15. The molecule has 0 spiro atoms. The Morgan fingerprint density at radius 2 is 1.68 bits per heavy atom. The highest BCUT2D eigenvalue weighted by atomic mass is 16.5. The first kappa shape index (κ1) is 17.3. The van der Waals surface area contributed by atoms with Crippen molar-refractivity contribution < 1.29 is 9.53 Å². The minimum absolute atomic E-state index is 0.156. The van der Waals surface area contributed by atoms with Crippen LogP contribution in [0.2, 0.25) is 0 Å². The van der Waals surface area contributed by atoms with E-state index in [-0.39, 0.29) is 18.1 Å². The van der Waals surface area contributed by atoms with Crippen molar-refractivity contribution in [2.24, 2.45) is 23.2 Å². The van der Waals surface area contributed by atoms with Crippen molar-refractivity contribution in [2.75, 3.05) is 0 Å². The minimum atomic E-state index is -0.156. The number of fused-ring (bicyclic) bond motifs is 1. The van der Waals surface area contributed by atoms with Gasteiger partial charge in [-0.1, -0.05) is 63.9 Å². The van der Waals surface area contributed by atoms with Gasteiger partial charge in [0.05, 0.1) is 6.10 Å². The Morgan fingerprint density at radius 3 is 2.44 bits per heavy atom. The van der Waals surface area contributed by atoms with Crippen LogP contribution >= 0.6 is 0 Å². The largest absolute Gasteiger partial charge is 0.366 e. The van der Waals surface area contributed by atoms with E-state index in [0.29, 0.717) is 29.0 Å². The van der Waals surface area contributed by atoms with Crippen molar-refractivity contribution in [1.29, 1.82) is 0 Å². The smallest absolute Gasteiger partial charge is 0.164 e. The number of rotatable bonds is 3. The summed E-state index contributed by atoms with van der Waals surface area (Å²) >= 11 is 0. The fourth-order valence-corrected chi connectivity index (χ4v) is 5.92. The summed E-state index contributed by atoms with van der Waals surface area (Å²) in [5, 5.41) is 0. The lowest BCUT2D eigenvalue weighted by atomic mass is 9.81. The van der Waals surface area contributed by atoms with Gasteiger partial charge in [0.1, 0.15) is 6.10 Å². The predicted octanol–water partition coefficient (Wildman–Crippen LogP) is 5.37. The van der Waals surface area contributed by atoms with Crippen LogP contribution in [-0.2, 0) is 9.53 Å². The molecule has 0 N–H and O–H groups in total. The van der Waals surface area contributed by atoms with Crippen molar-refractivity contribution in [3.63, 3.8) is 0 Å². The molecule has 3 saturated carbocycles. The Bertz CT molecular complexity index is 620. The molecule has 0 heterocycles. The average Bonchev–Trinajstić information content (AvgIpc) is 3.03. The molecule has 0 amide bonds. The number of Topliss-reactive ketones (excluding diaryl/α,β-unsaturated/α-hetero) is 1. The molecule has 2 nitrogen and oxygen atoms in total. The zero-order chi connectivity index (χ0) is 17.6. The monoisotopic (exact) mass is 340 g/mol. The molecule has 3 aliphatic rings. The second-order valence-corrected chi connectivity index (χ2v) is 9.49. The Labute approximate surface area is 152 Å². The zero-order valence-electron chi connectivity index (χ0n) is 15.9. The van der Waals surface area contributed by atoms with E-state index in [2.05, 4.69) is 51.1 Å². The first-order valence-electron chi connectivity index (χ1n) is 10.2. The Kier molecular flexibility index (Phi) is 4.52. The van der Waals surface area contributed by atoms with Gasteiger partial charge in [-0.05, 0) is 48.5 Å². The zero-order valence-corrected chi connectivity index (χ0v) is 15.9. The van der Waals surface area contributed by atoms with Gasteiger partial charge in [-0.3, -0.25) is 4.79 Å². The molecule has 4 rings (SSSR count). The van der Waals surface area contributed by atoms with Crippen molar-refractivity contribution in [2.45, 2.75) is 77.4 Å². The molecule has 3 fully saturated rings. The average molecular weight is 341 g/mol. The van der Waals surface area contributed by atoms with Gasteiger partial charge >= 0.3 is 0 Å². The summed E-state index contributed by atoms with van der Waals surface area (Å²) in [4.78, 5) is 12.9. The summed E-state index contributed by atoms with van der Waals surface area (Å²) < 4.78 is 6.66. The van der Waals surface area contributed by atoms with E-state index in [1.54, 1.807) is 0 Å². The Hall–Kier alpha value is -1.15. The molecule has 1 aromatic carbocycles. The number of ketones is 1. The third-order valence-corrected chi connectivity index (χ3v) is 7.14. The van der Waals surface area contributed by atoms with E-state index in [9.17, 15) is 4.79 Å². The summed E-state index contributed by atoms with van der Waals surface area (Å²) in [5.74, 6) is 1.98. The second kappa shape index (κ2) is 6.54. The van der Waals surface area contributed by atoms with E-state index in [4.69, 9.17) is 4.74 Å². The van der Waals surface area contributed by atoms with Gasteiger partial charge < -0.3 is 4.74 Å². The van der Waals surface area contributed by atoms with Crippen molar-refractivity contribution in [3.8, 4) is 0 Å². The molecule has 6 atom stereocenters. The highest BCUT2D eigenvalue weighted by Crippen LogP contribution is 2.55. The lowest BCUT2D eigenvalue weighted by Crippen LogP contribution is -2.36. The summed E-state index contributed by atoms with van der Waals surface area (Å²) in [6, 6.07) is 10.8. The number of carbonyl (C=O) groups excluding carboxylic acids is 1. The summed E-state index contributed by atoms with van der Waals surface area (Å²) in [7, 11) is 0. The second-order valence-electron chi connectivity index (χ2n) is 9.49. The van der Waals surface area contributed by atoms with Crippen LogP contribution in [0.3, 0.4) is 0 Å². The maximum atomic E-state index is 12.9.